The Bertz CT molecular complexity index is 363. The third kappa shape index (κ3) is 5.21. The summed E-state index contributed by atoms with van der Waals surface area (Å²) in [4.78, 5) is 0. The van der Waals surface area contributed by atoms with Crippen LogP contribution in [0.25, 0.3) is 0 Å². The first-order chi connectivity index (χ1) is 8.67. The van der Waals surface area contributed by atoms with Gasteiger partial charge in [0.2, 0.25) is 0 Å². The minimum atomic E-state index is -0.480. The van der Waals surface area contributed by atoms with Crippen molar-refractivity contribution >= 4 is 11.6 Å². The van der Waals surface area contributed by atoms with Crippen molar-refractivity contribution in [3.05, 3.63) is 29.0 Å². The van der Waals surface area contributed by atoms with E-state index < -0.39 is 5.82 Å². The topological polar surface area (TPSA) is 30.5 Å². The van der Waals surface area contributed by atoms with E-state index in [-0.39, 0.29) is 11.1 Å². The van der Waals surface area contributed by atoms with Crippen molar-refractivity contribution in [2.45, 2.75) is 19.4 Å². The Kier molecular flexibility index (Phi) is 7.01. The van der Waals surface area contributed by atoms with Gasteiger partial charge in [0.15, 0.2) is 0 Å². The molecule has 0 aliphatic rings. The number of methoxy groups -OCH3 is 1. The molecule has 5 heteroatoms. The summed E-state index contributed by atoms with van der Waals surface area (Å²) in [5.41, 5.74) is 0. The van der Waals surface area contributed by atoms with Gasteiger partial charge in [-0.2, -0.15) is 0 Å². The molecular formula is C13H19ClFNO2. The molecule has 0 bridgehead atoms. The second-order valence-corrected chi connectivity index (χ2v) is 4.38. The Morgan fingerprint density at radius 1 is 1.44 bits per heavy atom. The van der Waals surface area contributed by atoms with E-state index in [4.69, 9.17) is 21.1 Å². The molecule has 0 heterocycles. The molecule has 1 aromatic carbocycles. The maximum Gasteiger partial charge on any atom is 0.145 e. The van der Waals surface area contributed by atoms with Gasteiger partial charge >= 0.3 is 0 Å². The first kappa shape index (κ1) is 15.2. The zero-order valence-electron chi connectivity index (χ0n) is 10.7. The second kappa shape index (κ2) is 8.29. The maximum absolute atomic E-state index is 13.3. The van der Waals surface area contributed by atoms with Crippen LogP contribution in [-0.2, 0) is 4.74 Å². The molecule has 1 aromatic rings. The summed E-state index contributed by atoms with van der Waals surface area (Å²) in [7, 11) is 1.61. The highest BCUT2D eigenvalue weighted by atomic mass is 35.5. The van der Waals surface area contributed by atoms with Crippen LogP contribution < -0.4 is 10.1 Å². The summed E-state index contributed by atoms with van der Waals surface area (Å²) in [6, 6.07) is 4.41. The van der Waals surface area contributed by atoms with E-state index in [9.17, 15) is 4.39 Å². The van der Waals surface area contributed by atoms with Crippen LogP contribution in [0.15, 0.2) is 18.2 Å². The number of halogens is 2. The minimum Gasteiger partial charge on any atom is -0.487 e. The highest BCUT2D eigenvalue weighted by molar-refractivity contribution is 6.30. The maximum atomic E-state index is 13.3. The summed E-state index contributed by atoms with van der Waals surface area (Å²) in [5.74, 6) is -0.0240. The Morgan fingerprint density at radius 3 is 2.83 bits per heavy atom. The van der Waals surface area contributed by atoms with Crippen LogP contribution >= 0.6 is 11.6 Å². The molecule has 18 heavy (non-hydrogen) atoms. The van der Waals surface area contributed by atoms with E-state index in [1.165, 1.54) is 12.1 Å². The van der Waals surface area contributed by atoms with Gasteiger partial charge in [-0.05, 0) is 25.1 Å². The Balaban J connectivity index is 2.55. The van der Waals surface area contributed by atoms with Crippen molar-refractivity contribution in [3.8, 4) is 5.75 Å². The van der Waals surface area contributed by atoms with Crippen LogP contribution in [0.2, 0.25) is 5.02 Å². The van der Waals surface area contributed by atoms with Crippen LogP contribution in [0.1, 0.15) is 13.3 Å². The summed E-state index contributed by atoms with van der Waals surface area (Å²) in [5, 5.41) is 3.33. The number of nitrogens with one attached hydrogen (secondary N) is 1. The minimum absolute atomic E-state index is 0.0924. The predicted octanol–water partition coefficient (Wildman–Crippen LogP) is 2.87. The SMILES string of the molecule is CCCNCC(COC)Oc1ccc(Cl)c(F)c1. The van der Waals surface area contributed by atoms with Gasteiger partial charge in [-0.3, -0.25) is 0 Å². The zero-order valence-corrected chi connectivity index (χ0v) is 11.5. The molecule has 1 atom stereocenters. The van der Waals surface area contributed by atoms with E-state index in [2.05, 4.69) is 12.2 Å². The lowest BCUT2D eigenvalue weighted by Gasteiger charge is -2.19. The molecule has 0 spiro atoms. The molecule has 1 N–H and O–H groups in total. The zero-order chi connectivity index (χ0) is 13.4. The molecule has 0 saturated heterocycles. The third-order valence-electron chi connectivity index (χ3n) is 2.35. The van der Waals surface area contributed by atoms with Crippen molar-refractivity contribution in [2.75, 3.05) is 26.8 Å². The number of benzene rings is 1. The van der Waals surface area contributed by atoms with Crippen molar-refractivity contribution in [1.82, 2.24) is 5.32 Å². The van der Waals surface area contributed by atoms with E-state index in [1.807, 2.05) is 0 Å². The van der Waals surface area contributed by atoms with Crippen molar-refractivity contribution in [1.29, 1.82) is 0 Å². The summed E-state index contributed by atoms with van der Waals surface area (Å²) >= 11 is 5.61. The van der Waals surface area contributed by atoms with Crippen LogP contribution in [-0.4, -0.2) is 32.9 Å². The van der Waals surface area contributed by atoms with Gasteiger partial charge in [-0.1, -0.05) is 18.5 Å². The average molecular weight is 276 g/mol. The number of hydrogen-bond acceptors (Lipinski definition) is 3. The lowest BCUT2D eigenvalue weighted by molar-refractivity contribution is 0.0805. The first-order valence-corrected chi connectivity index (χ1v) is 6.36. The summed E-state index contributed by atoms with van der Waals surface area (Å²) in [6.45, 7) is 4.11. The summed E-state index contributed by atoms with van der Waals surface area (Å²) < 4.78 is 24.0. The number of rotatable bonds is 8. The lowest BCUT2D eigenvalue weighted by atomic mass is 10.3. The Labute approximate surface area is 112 Å². The van der Waals surface area contributed by atoms with E-state index in [0.717, 1.165) is 13.0 Å². The standard InChI is InChI=1S/C13H19ClFNO2/c1-3-6-16-8-11(9-17-2)18-10-4-5-12(14)13(15)7-10/h4-5,7,11,16H,3,6,8-9H2,1-2H3. The van der Waals surface area contributed by atoms with Gasteiger partial charge < -0.3 is 14.8 Å². The van der Waals surface area contributed by atoms with Crippen molar-refractivity contribution < 1.29 is 13.9 Å². The molecular weight excluding hydrogens is 257 g/mol. The smallest absolute Gasteiger partial charge is 0.145 e. The van der Waals surface area contributed by atoms with Gasteiger partial charge in [0.25, 0.3) is 0 Å². The Morgan fingerprint density at radius 2 is 2.22 bits per heavy atom. The molecule has 0 aliphatic carbocycles. The molecule has 1 rings (SSSR count). The lowest BCUT2D eigenvalue weighted by Crippen LogP contribution is -2.35. The molecule has 0 aliphatic heterocycles. The molecule has 0 fully saturated rings. The molecule has 1 unspecified atom stereocenters. The largest absolute Gasteiger partial charge is 0.487 e. The highest BCUT2D eigenvalue weighted by Gasteiger charge is 2.11. The van der Waals surface area contributed by atoms with E-state index in [1.54, 1.807) is 13.2 Å². The highest BCUT2D eigenvalue weighted by Crippen LogP contribution is 2.21. The van der Waals surface area contributed by atoms with Gasteiger partial charge in [-0.25, -0.2) is 4.39 Å². The predicted molar refractivity (Wildman–Crippen MR) is 70.9 cm³/mol. The molecule has 0 saturated carbocycles. The number of ether oxygens (including phenoxy) is 2. The first-order valence-electron chi connectivity index (χ1n) is 5.98. The van der Waals surface area contributed by atoms with E-state index in [0.29, 0.717) is 18.9 Å². The Hall–Kier alpha value is -0.840. The summed E-state index contributed by atoms with van der Waals surface area (Å²) in [6.07, 6.45) is 0.900. The van der Waals surface area contributed by atoms with Crippen LogP contribution in [0.3, 0.4) is 0 Å². The normalized spacial score (nSPS) is 12.4. The van der Waals surface area contributed by atoms with Crippen molar-refractivity contribution in [3.63, 3.8) is 0 Å². The molecule has 102 valence electrons. The average Bonchev–Trinajstić information content (AvgIpc) is 2.34. The third-order valence-corrected chi connectivity index (χ3v) is 2.65. The van der Waals surface area contributed by atoms with E-state index >= 15 is 0 Å². The van der Waals surface area contributed by atoms with Gasteiger partial charge in [0, 0.05) is 19.7 Å². The number of hydrogen-bond donors (Lipinski definition) is 1. The monoisotopic (exact) mass is 275 g/mol. The van der Waals surface area contributed by atoms with Crippen LogP contribution in [0.5, 0.6) is 5.75 Å². The van der Waals surface area contributed by atoms with Crippen LogP contribution in [0, 0.1) is 5.82 Å². The van der Waals surface area contributed by atoms with Gasteiger partial charge in [0.05, 0.1) is 11.6 Å². The molecule has 0 aromatic heterocycles. The van der Waals surface area contributed by atoms with Gasteiger partial charge in [0.1, 0.15) is 17.7 Å². The molecule has 0 amide bonds. The second-order valence-electron chi connectivity index (χ2n) is 3.98. The van der Waals surface area contributed by atoms with Gasteiger partial charge in [-0.15, -0.1) is 0 Å². The fourth-order valence-electron chi connectivity index (χ4n) is 1.50. The molecule has 0 radical (unpaired) electrons. The van der Waals surface area contributed by atoms with Crippen LogP contribution in [0.4, 0.5) is 4.39 Å². The quantitative estimate of drug-likeness (QED) is 0.740. The fourth-order valence-corrected chi connectivity index (χ4v) is 1.62. The molecule has 3 nitrogen and oxygen atoms in total. The fraction of sp³-hybridized carbons (Fsp3) is 0.538. The van der Waals surface area contributed by atoms with Crippen molar-refractivity contribution in [2.24, 2.45) is 0 Å².